The summed E-state index contributed by atoms with van der Waals surface area (Å²) < 4.78 is 11.7. The third-order valence-electron chi connectivity index (χ3n) is 0.500. The number of unbranched alkanes of at least 4 members (excludes halogenated alkanes) is 1. The fourth-order valence-electron chi connectivity index (χ4n) is 0. The van der Waals surface area contributed by atoms with E-state index in [2.05, 4.69) is 44.8 Å². The minimum atomic E-state index is -2.49. The predicted molar refractivity (Wildman–Crippen MR) is 53.8 cm³/mol. The van der Waals surface area contributed by atoms with E-state index in [1.165, 1.54) is 19.5 Å². The molecule has 0 saturated heterocycles. The molecule has 9 heavy (non-hydrogen) atoms. The molecule has 0 heterocycles. The zero-order valence-corrected chi connectivity index (χ0v) is 10.2. The molecule has 0 radical (unpaired) electrons. The van der Waals surface area contributed by atoms with E-state index in [0.717, 1.165) is 0 Å². The van der Waals surface area contributed by atoms with Crippen LogP contribution in [0.1, 0.15) is 26.7 Å². The molecule has 0 aromatic rings. The molecule has 0 nitrogen and oxygen atoms in total. The van der Waals surface area contributed by atoms with Crippen molar-refractivity contribution in [2.24, 2.45) is 0 Å². The molecule has 0 amide bonds. The van der Waals surface area contributed by atoms with Gasteiger partial charge in [-0.1, -0.05) is 26.7 Å². The number of halogens is 3. The van der Waals surface area contributed by atoms with Crippen molar-refractivity contribution in [3.63, 3.8) is 0 Å². The van der Waals surface area contributed by atoms with Crippen molar-refractivity contribution in [3.05, 3.63) is 0 Å². The van der Waals surface area contributed by atoms with Crippen LogP contribution < -0.4 is 0 Å². The van der Waals surface area contributed by atoms with Gasteiger partial charge in [-0.25, -0.2) is 0 Å². The van der Waals surface area contributed by atoms with E-state index in [1.54, 1.807) is 0 Å². The zero-order chi connectivity index (χ0) is 7.91. The molecular formula is C5H14Br2FP. The number of rotatable bonds is 1. The van der Waals surface area contributed by atoms with Gasteiger partial charge >= 0.3 is 46.8 Å². The third kappa shape index (κ3) is 92.8. The van der Waals surface area contributed by atoms with Gasteiger partial charge in [-0.05, 0) is 0 Å². The summed E-state index contributed by atoms with van der Waals surface area (Å²) in [7, 11) is 0. The van der Waals surface area contributed by atoms with E-state index in [0.29, 0.717) is 0 Å². The van der Waals surface area contributed by atoms with Crippen LogP contribution in [-0.2, 0) is 0 Å². The van der Waals surface area contributed by atoms with Crippen LogP contribution in [-0.4, -0.2) is 6.66 Å². The van der Waals surface area contributed by atoms with E-state index in [-0.39, 0.29) is 0 Å². The van der Waals surface area contributed by atoms with Gasteiger partial charge in [0.05, 0.1) is 0 Å². The standard InChI is InChI=1S/C4H10.CH4Br2FP/c1-3-4-2;1-5(2,3)4/h3-4H2,1-2H3;5H,1H3. The molecule has 0 aliphatic rings. The van der Waals surface area contributed by atoms with Gasteiger partial charge in [0.2, 0.25) is 0 Å². The minimum absolute atomic E-state index is 1.32. The number of hydrogen-bond acceptors (Lipinski definition) is 0. The predicted octanol–water partition coefficient (Wildman–Crippen LogP) is 4.68. The molecule has 0 spiro atoms. The van der Waals surface area contributed by atoms with Crippen LogP contribution in [0.15, 0.2) is 0 Å². The molecule has 0 aliphatic heterocycles. The Hall–Kier alpha value is 1.32. The van der Waals surface area contributed by atoms with Gasteiger partial charge in [0.1, 0.15) is 0 Å². The molecule has 0 atom stereocenters. The fraction of sp³-hybridized carbons (Fsp3) is 1.00. The SMILES string of the molecule is CCCC.C[PH](F)(Br)Br. The molecule has 0 rings (SSSR count). The van der Waals surface area contributed by atoms with Crippen molar-refractivity contribution >= 4 is 36.0 Å². The molecule has 0 saturated carbocycles. The molecule has 60 valence electrons. The van der Waals surface area contributed by atoms with Crippen LogP contribution in [0.25, 0.3) is 0 Å². The van der Waals surface area contributed by atoms with Gasteiger partial charge in [0.25, 0.3) is 0 Å². The Kier molecular flexibility index (Phi) is 10.7. The average Bonchev–Trinajstić information content (AvgIpc) is 1.61. The molecule has 4 heteroatoms. The van der Waals surface area contributed by atoms with E-state index in [4.69, 9.17) is 0 Å². The Morgan fingerprint density at radius 2 is 1.33 bits per heavy atom. The Morgan fingerprint density at radius 1 is 1.22 bits per heavy atom. The second kappa shape index (κ2) is 7.43. The van der Waals surface area contributed by atoms with Crippen molar-refractivity contribution < 1.29 is 4.20 Å². The van der Waals surface area contributed by atoms with Crippen LogP contribution >= 0.6 is 36.0 Å². The van der Waals surface area contributed by atoms with Crippen LogP contribution in [0.3, 0.4) is 0 Å². The Balaban J connectivity index is 0. The summed E-state index contributed by atoms with van der Waals surface area (Å²) in [4.78, 5) is -2.49. The first-order chi connectivity index (χ1) is 3.91. The molecule has 0 aromatic carbocycles. The summed E-state index contributed by atoms with van der Waals surface area (Å²) in [5, 5.41) is 0. The fourth-order valence-corrected chi connectivity index (χ4v) is 0. The van der Waals surface area contributed by atoms with Crippen LogP contribution in [0.4, 0.5) is 4.20 Å². The summed E-state index contributed by atoms with van der Waals surface area (Å²) in [5.41, 5.74) is 0. The van der Waals surface area contributed by atoms with Gasteiger partial charge in [-0.15, -0.1) is 0 Å². The second-order valence-electron chi connectivity index (χ2n) is 1.78. The molecule has 0 aliphatic carbocycles. The zero-order valence-electron chi connectivity index (χ0n) is 6.05. The Labute approximate surface area is 73.5 Å². The van der Waals surface area contributed by atoms with Gasteiger partial charge in [0, 0.05) is 0 Å². The first-order valence-electron chi connectivity index (χ1n) is 2.98. The van der Waals surface area contributed by atoms with Crippen molar-refractivity contribution in [1.29, 1.82) is 0 Å². The van der Waals surface area contributed by atoms with Crippen molar-refractivity contribution in [3.8, 4) is 0 Å². The Bertz CT molecular complexity index is 45.4. The first-order valence-corrected chi connectivity index (χ1v) is 9.87. The van der Waals surface area contributed by atoms with Crippen molar-refractivity contribution in [2.75, 3.05) is 6.66 Å². The molecule has 0 aromatic heterocycles. The average molecular weight is 284 g/mol. The van der Waals surface area contributed by atoms with Gasteiger partial charge in [-0.2, -0.15) is 0 Å². The van der Waals surface area contributed by atoms with Crippen molar-refractivity contribution in [2.45, 2.75) is 26.7 Å². The Morgan fingerprint density at radius 3 is 1.33 bits per heavy atom. The quantitative estimate of drug-likeness (QED) is 0.613. The van der Waals surface area contributed by atoms with Crippen LogP contribution in [0.2, 0.25) is 0 Å². The summed E-state index contributed by atoms with van der Waals surface area (Å²) in [6.45, 7) is 5.85. The summed E-state index contributed by atoms with van der Waals surface area (Å²) in [6.07, 6.45) is 2.64. The second-order valence-corrected chi connectivity index (χ2v) is 15.5. The molecule has 0 fully saturated rings. The van der Waals surface area contributed by atoms with E-state index >= 15 is 0 Å². The molecule has 0 N–H and O–H groups in total. The molecular weight excluding hydrogens is 270 g/mol. The van der Waals surface area contributed by atoms with Crippen molar-refractivity contribution in [1.82, 2.24) is 0 Å². The summed E-state index contributed by atoms with van der Waals surface area (Å²) in [5.74, 6) is 0. The maximum absolute atomic E-state index is 11.7. The topological polar surface area (TPSA) is 0 Å². The van der Waals surface area contributed by atoms with E-state index in [9.17, 15) is 4.20 Å². The van der Waals surface area contributed by atoms with Gasteiger partial charge < -0.3 is 0 Å². The monoisotopic (exact) mass is 282 g/mol. The van der Waals surface area contributed by atoms with Crippen LogP contribution in [0, 0.1) is 0 Å². The van der Waals surface area contributed by atoms with Gasteiger partial charge in [0.15, 0.2) is 0 Å². The molecule has 0 bridgehead atoms. The molecule has 0 unspecified atom stereocenters. The third-order valence-corrected chi connectivity index (χ3v) is 0.500. The first kappa shape index (κ1) is 12.9. The maximum atomic E-state index is 11.7. The van der Waals surface area contributed by atoms with Crippen LogP contribution in [0.5, 0.6) is 0 Å². The van der Waals surface area contributed by atoms with E-state index < -0.39 is 4.98 Å². The summed E-state index contributed by atoms with van der Waals surface area (Å²) in [6, 6.07) is 0. The number of hydrogen-bond donors (Lipinski definition) is 0. The normalized spacial score (nSPS) is 11.8. The summed E-state index contributed by atoms with van der Waals surface area (Å²) >= 11 is 5.53. The van der Waals surface area contributed by atoms with Gasteiger partial charge in [-0.3, -0.25) is 0 Å². The van der Waals surface area contributed by atoms with E-state index in [1.807, 2.05) is 0 Å².